The Labute approximate surface area is 424 Å². The van der Waals surface area contributed by atoms with Gasteiger partial charge in [-0.05, 0) is 36.4 Å². The molecule has 4 aromatic heterocycles. The summed E-state index contributed by atoms with van der Waals surface area (Å²) in [5.41, 5.74) is 13.3. The van der Waals surface area contributed by atoms with E-state index in [0.717, 1.165) is 89.8 Å². The summed E-state index contributed by atoms with van der Waals surface area (Å²) < 4.78 is 4.56. The number of aliphatic imine (C=N–C) groups is 1. The van der Waals surface area contributed by atoms with Gasteiger partial charge in [-0.1, -0.05) is 194 Å². The van der Waals surface area contributed by atoms with Gasteiger partial charge in [-0.15, -0.1) is 0 Å². The van der Waals surface area contributed by atoms with E-state index in [2.05, 4.69) is 122 Å². The standard InChI is InChI=1S/C62H40N12/c1-5-20-39(21-6-1)55-65-56(40-22-7-2-8-23-40)67-59(66-55)43-28-17-29-44(38-43)71-51-36-18-30-45(53(51)72-49-34-15-13-32-47(49)63-61(71)72)46-31-19-37-52-54(46)73-50-35-16-14-33-48(50)64-62(73)74(52)60-69-57(41-24-9-3-10-25-41)68-58(70-60)42-26-11-4-12-27-42/h1-38,48,50H. The summed E-state index contributed by atoms with van der Waals surface area (Å²) in [4.78, 5) is 46.0. The number of fused-ring (bicyclic) bond motifs is 10. The van der Waals surface area contributed by atoms with Crippen molar-refractivity contribution in [2.45, 2.75) is 12.1 Å². The van der Waals surface area contributed by atoms with Gasteiger partial charge in [0, 0.05) is 44.6 Å². The molecule has 12 heteroatoms. The van der Waals surface area contributed by atoms with Gasteiger partial charge in [0.2, 0.25) is 17.7 Å². The van der Waals surface area contributed by atoms with Gasteiger partial charge in [0.25, 0.3) is 0 Å². The molecule has 2 unspecified atom stereocenters. The van der Waals surface area contributed by atoms with E-state index in [1.165, 1.54) is 0 Å². The summed E-state index contributed by atoms with van der Waals surface area (Å²) in [6, 6.07) is 69.9. The fourth-order valence-corrected chi connectivity index (χ4v) is 10.7. The molecule has 0 N–H and O–H groups in total. The molecule has 74 heavy (non-hydrogen) atoms. The van der Waals surface area contributed by atoms with E-state index < -0.39 is 0 Å². The van der Waals surface area contributed by atoms with Crippen LogP contribution in [0.15, 0.2) is 236 Å². The minimum atomic E-state index is -0.117. The van der Waals surface area contributed by atoms with Crippen LogP contribution in [0.4, 0.5) is 17.3 Å². The Morgan fingerprint density at radius 3 is 1.57 bits per heavy atom. The summed E-state index contributed by atoms with van der Waals surface area (Å²) in [5, 5.41) is 0. The summed E-state index contributed by atoms with van der Waals surface area (Å²) in [5.74, 6) is 4.96. The predicted octanol–water partition coefficient (Wildman–Crippen LogP) is 13.0. The molecule has 1 aliphatic carbocycles. The van der Waals surface area contributed by atoms with Crippen molar-refractivity contribution in [1.82, 2.24) is 43.9 Å². The first-order chi connectivity index (χ1) is 36.7. The largest absolute Gasteiger partial charge is 0.300 e. The first-order valence-electron chi connectivity index (χ1n) is 24.6. The number of hydrogen-bond acceptors (Lipinski definition) is 10. The van der Waals surface area contributed by atoms with Crippen molar-refractivity contribution in [3.63, 3.8) is 0 Å². The second-order valence-electron chi connectivity index (χ2n) is 18.4. The van der Waals surface area contributed by atoms with E-state index in [-0.39, 0.29) is 12.1 Å². The highest BCUT2D eigenvalue weighted by molar-refractivity contribution is 6.24. The zero-order chi connectivity index (χ0) is 48.7. The molecule has 15 rings (SSSR count). The van der Waals surface area contributed by atoms with Crippen molar-refractivity contribution >= 4 is 51.1 Å². The average Bonchev–Trinajstić information content (AvgIpc) is 4.29. The Morgan fingerprint density at radius 2 is 0.919 bits per heavy atom. The zero-order valence-electron chi connectivity index (χ0n) is 39.5. The zero-order valence-corrected chi connectivity index (χ0v) is 39.5. The molecule has 12 nitrogen and oxygen atoms in total. The maximum absolute atomic E-state index is 5.45. The number of rotatable bonds is 8. The van der Waals surface area contributed by atoms with Gasteiger partial charge < -0.3 is 0 Å². The lowest BCUT2D eigenvalue weighted by Gasteiger charge is -2.26. The summed E-state index contributed by atoms with van der Waals surface area (Å²) in [6.07, 6.45) is 8.62. The molecule has 0 bridgehead atoms. The van der Waals surface area contributed by atoms with Gasteiger partial charge in [0.05, 0.1) is 45.5 Å². The van der Waals surface area contributed by atoms with Crippen molar-refractivity contribution in [3.05, 3.63) is 231 Å². The third-order valence-electron chi connectivity index (χ3n) is 14.0. The van der Waals surface area contributed by atoms with E-state index in [1.54, 1.807) is 0 Å². The highest BCUT2D eigenvalue weighted by atomic mass is 15.5. The number of nitrogens with zero attached hydrogens (tertiary/aromatic N) is 12. The highest BCUT2D eigenvalue weighted by Crippen LogP contribution is 2.52. The lowest BCUT2D eigenvalue weighted by atomic mass is 9.98. The smallest absolute Gasteiger partial charge is 0.241 e. The van der Waals surface area contributed by atoms with Crippen LogP contribution >= 0.6 is 0 Å². The van der Waals surface area contributed by atoms with Crippen LogP contribution in [0.5, 0.6) is 0 Å². The summed E-state index contributed by atoms with van der Waals surface area (Å²) >= 11 is 0. The fraction of sp³-hybridized carbons (Fsp3) is 0.0323. The van der Waals surface area contributed by atoms with E-state index >= 15 is 0 Å². The predicted molar refractivity (Wildman–Crippen MR) is 293 cm³/mol. The number of allylic oxidation sites excluding steroid dienone is 2. The quantitative estimate of drug-likeness (QED) is 0.147. The van der Waals surface area contributed by atoms with Crippen LogP contribution in [0.25, 0.3) is 102 Å². The van der Waals surface area contributed by atoms with Crippen LogP contribution in [0.1, 0.15) is 0 Å². The first-order valence-corrected chi connectivity index (χ1v) is 24.6. The normalized spacial score (nSPS) is 15.5. The van der Waals surface area contributed by atoms with Crippen molar-refractivity contribution < 1.29 is 0 Å². The second kappa shape index (κ2) is 16.7. The van der Waals surface area contributed by atoms with Crippen molar-refractivity contribution in [2.75, 3.05) is 9.80 Å². The van der Waals surface area contributed by atoms with Crippen LogP contribution in [0.2, 0.25) is 0 Å². The maximum atomic E-state index is 5.45. The number of imidazole rings is 2. The van der Waals surface area contributed by atoms with Crippen LogP contribution in [-0.4, -0.2) is 61.9 Å². The fourth-order valence-electron chi connectivity index (χ4n) is 10.7. The molecule has 2 aliphatic heterocycles. The Morgan fingerprint density at radius 1 is 0.405 bits per heavy atom. The van der Waals surface area contributed by atoms with Gasteiger partial charge in [0.15, 0.2) is 29.1 Å². The summed E-state index contributed by atoms with van der Waals surface area (Å²) in [6.45, 7) is 0. The molecule has 0 spiro atoms. The number of anilines is 3. The third-order valence-corrected chi connectivity index (χ3v) is 14.0. The van der Waals surface area contributed by atoms with E-state index in [1.807, 2.05) is 127 Å². The first kappa shape index (κ1) is 41.6. The Hall–Kier alpha value is -10.2. The molecule has 2 atom stereocenters. The summed E-state index contributed by atoms with van der Waals surface area (Å²) in [7, 11) is 0. The third kappa shape index (κ3) is 6.62. The van der Waals surface area contributed by atoms with Gasteiger partial charge in [-0.2, -0.15) is 9.97 Å². The van der Waals surface area contributed by atoms with E-state index in [9.17, 15) is 0 Å². The number of benzene rings is 8. The minimum absolute atomic E-state index is 0.0789. The molecule has 0 saturated heterocycles. The minimum Gasteiger partial charge on any atom is -0.300 e. The molecule has 8 aromatic carbocycles. The van der Waals surface area contributed by atoms with E-state index in [0.29, 0.717) is 35.1 Å². The molecule has 6 heterocycles. The molecule has 0 amide bonds. The Kier molecular flexibility index (Phi) is 9.39. The molecule has 0 radical (unpaired) electrons. The molecular formula is C62H40N12. The van der Waals surface area contributed by atoms with Crippen LogP contribution < -0.4 is 9.80 Å². The number of guanidine groups is 1. The molecular weight excluding hydrogens is 913 g/mol. The topological polar surface area (TPSA) is 118 Å². The van der Waals surface area contributed by atoms with Gasteiger partial charge in [0.1, 0.15) is 0 Å². The van der Waals surface area contributed by atoms with Crippen LogP contribution in [0, 0.1) is 0 Å². The van der Waals surface area contributed by atoms with Crippen molar-refractivity contribution in [3.8, 4) is 73.8 Å². The SMILES string of the molecule is C1=CC2N=C3N(c4nc(-c5ccccc5)nc(-c5ccccc5)n4)c4cccc(-c5cccc6c5n5c7ccccc7nc5n6-c5cccc(-c6nc(-c7ccccc7)nc(-c7ccccc7)n6)c5)c4N3C2C=C1. The van der Waals surface area contributed by atoms with E-state index in [4.69, 9.17) is 39.9 Å². The Bertz CT molecular complexity index is 4160. The van der Waals surface area contributed by atoms with Crippen LogP contribution in [0.3, 0.4) is 0 Å². The molecule has 348 valence electrons. The molecule has 0 fully saturated rings. The van der Waals surface area contributed by atoms with Crippen molar-refractivity contribution in [1.29, 1.82) is 0 Å². The maximum Gasteiger partial charge on any atom is 0.241 e. The van der Waals surface area contributed by atoms with Crippen molar-refractivity contribution in [2.24, 2.45) is 4.99 Å². The number of para-hydroxylation sites is 4. The van der Waals surface area contributed by atoms with Crippen LogP contribution in [-0.2, 0) is 0 Å². The molecule has 12 aromatic rings. The van der Waals surface area contributed by atoms with Gasteiger partial charge in [-0.25, -0.2) is 34.8 Å². The highest BCUT2D eigenvalue weighted by Gasteiger charge is 2.47. The lowest BCUT2D eigenvalue weighted by molar-refractivity contribution is 0.741. The lowest BCUT2D eigenvalue weighted by Crippen LogP contribution is -2.40. The average molecular weight is 953 g/mol. The molecule has 0 saturated carbocycles. The number of hydrogen-bond donors (Lipinski definition) is 0. The monoisotopic (exact) mass is 952 g/mol. The van der Waals surface area contributed by atoms with Gasteiger partial charge >= 0.3 is 0 Å². The van der Waals surface area contributed by atoms with Gasteiger partial charge in [-0.3, -0.25) is 13.9 Å². The number of aromatic nitrogens is 9. The second-order valence-corrected chi connectivity index (χ2v) is 18.4. The Balaban J connectivity index is 0.941. The molecule has 3 aliphatic rings.